The second kappa shape index (κ2) is 6.50. The number of amides is 1. The van der Waals surface area contributed by atoms with Gasteiger partial charge in [-0.25, -0.2) is 0 Å². The third-order valence-electron chi connectivity index (χ3n) is 3.26. The van der Waals surface area contributed by atoms with Gasteiger partial charge in [-0.15, -0.1) is 6.42 Å². The van der Waals surface area contributed by atoms with Crippen LogP contribution in [0.4, 0.5) is 0 Å². The van der Waals surface area contributed by atoms with Crippen LogP contribution in [0.15, 0.2) is 23.9 Å². The van der Waals surface area contributed by atoms with Crippen molar-refractivity contribution in [2.45, 2.75) is 0 Å². The SMILES string of the molecule is C#CCOc1ccc(C=C2C(=O)N(C)C(=S)N2C)cc1OC. The molecule has 0 spiro atoms. The molecule has 0 saturated carbocycles. The second-order valence-electron chi connectivity index (χ2n) is 4.64. The summed E-state index contributed by atoms with van der Waals surface area (Å²) < 4.78 is 10.7. The van der Waals surface area contributed by atoms with Crippen LogP contribution in [0, 0.1) is 12.3 Å². The fourth-order valence-electron chi connectivity index (χ4n) is 2.06. The van der Waals surface area contributed by atoms with E-state index >= 15 is 0 Å². The van der Waals surface area contributed by atoms with Gasteiger partial charge in [-0.2, -0.15) is 0 Å². The third-order valence-corrected chi connectivity index (χ3v) is 3.81. The maximum absolute atomic E-state index is 12.1. The van der Waals surface area contributed by atoms with Crippen LogP contribution in [-0.2, 0) is 4.79 Å². The van der Waals surface area contributed by atoms with E-state index in [1.807, 2.05) is 6.07 Å². The van der Waals surface area contributed by atoms with Crippen molar-refractivity contribution in [1.82, 2.24) is 9.80 Å². The van der Waals surface area contributed by atoms with E-state index in [9.17, 15) is 4.79 Å². The van der Waals surface area contributed by atoms with Crippen molar-refractivity contribution in [1.29, 1.82) is 0 Å². The molecule has 1 saturated heterocycles. The highest BCUT2D eigenvalue weighted by atomic mass is 32.1. The van der Waals surface area contributed by atoms with Gasteiger partial charge in [0, 0.05) is 14.1 Å². The lowest BCUT2D eigenvalue weighted by Crippen LogP contribution is -2.26. The summed E-state index contributed by atoms with van der Waals surface area (Å²) in [5.74, 6) is 3.37. The van der Waals surface area contributed by atoms with Crippen LogP contribution in [-0.4, -0.2) is 48.6 Å². The van der Waals surface area contributed by atoms with Crippen LogP contribution in [0.3, 0.4) is 0 Å². The summed E-state index contributed by atoms with van der Waals surface area (Å²) in [6, 6.07) is 5.36. The van der Waals surface area contributed by atoms with Gasteiger partial charge in [-0.05, 0) is 36.0 Å². The Bertz CT molecular complexity index is 691. The molecule has 0 radical (unpaired) electrons. The van der Waals surface area contributed by atoms with E-state index in [0.717, 1.165) is 5.56 Å². The molecule has 0 atom stereocenters. The van der Waals surface area contributed by atoms with Gasteiger partial charge in [0.2, 0.25) is 0 Å². The summed E-state index contributed by atoms with van der Waals surface area (Å²) in [6.07, 6.45) is 6.93. The lowest BCUT2D eigenvalue weighted by atomic mass is 10.1. The first-order chi connectivity index (χ1) is 10.5. The highest BCUT2D eigenvalue weighted by Crippen LogP contribution is 2.30. The number of carbonyl (C=O) groups is 1. The molecule has 1 fully saturated rings. The Labute approximate surface area is 135 Å². The number of hydrogen-bond acceptors (Lipinski definition) is 4. The Morgan fingerprint density at radius 3 is 2.59 bits per heavy atom. The Balaban J connectivity index is 2.34. The van der Waals surface area contributed by atoms with Crippen molar-refractivity contribution < 1.29 is 14.3 Å². The number of terminal acetylenes is 1. The minimum absolute atomic E-state index is 0.140. The Kier molecular flexibility index (Phi) is 4.68. The highest BCUT2D eigenvalue weighted by molar-refractivity contribution is 7.80. The quantitative estimate of drug-likeness (QED) is 0.481. The van der Waals surface area contributed by atoms with Crippen molar-refractivity contribution in [2.24, 2.45) is 0 Å². The number of nitrogens with zero attached hydrogens (tertiary/aromatic N) is 2. The lowest BCUT2D eigenvalue weighted by molar-refractivity contribution is -0.121. The molecule has 1 aromatic carbocycles. The van der Waals surface area contributed by atoms with Crippen LogP contribution in [0.2, 0.25) is 0 Å². The zero-order valence-corrected chi connectivity index (χ0v) is 13.4. The monoisotopic (exact) mass is 316 g/mol. The van der Waals surface area contributed by atoms with E-state index in [-0.39, 0.29) is 12.5 Å². The first-order valence-corrected chi connectivity index (χ1v) is 6.92. The molecule has 1 aliphatic rings. The number of methoxy groups -OCH3 is 1. The molecule has 1 amide bonds. The number of ether oxygens (including phenoxy) is 2. The number of hydrogen-bond donors (Lipinski definition) is 0. The number of benzene rings is 1. The van der Waals surface area contributed by atoms with Gasteiger partial charge in [0.15, 0.2) is 16.6 Å². The van der Waals surface area contributed by atoms with Gasteiger partial charge in [0.05, 0.1) is 7.11 Å². The molecule has 1 heterocycles. The first kappa shape index (κ1) is 15.9. The van der Waals surface area contributed by atoms with Gasteiger partial charge in [0.1, 0.15) is 12.3 Å². The maximum atomic E-state index is 12.1. The van der Waals surface area contributed by atoms with E-state index in [1.54, 1.807) is 44.3 Å². The predicted molar refractivity (Wildman–Crippen MR) is 88.4 cm³/mol. The van der Waals surface area contributed by atoms with Crippen LogP contribution in [0.5, 0.6) is 11.5 Å². The van der Waals surface area contributed by atoms with Gasteiger partial charge in [-0.3, -0.25) is 9.69 Å². The Hall–Kier alpha value is -2.52. The zero-order valence-electron chi connectivity index (χ0n) is 12.6. The van der Waals surface area contributed by atoms with Crippen molar-refractivity contribution in [3.8, 4) is 23.8 Å². The van der Waals surface area contributed by atoms with Crippen LogP contribution >= 0.6 is 12.2 Å². The van der Waals surface area contributed by atoms with E-state index in [0.29, 0.717) is 22.3 Å². The second-order valence-corrected chi connectivity index (χ2v) is 5.00. The minimum Gasteiger partial charge on any atom is -0.493 e. The van der Waals surface area contributed by atoms with E-state index in [1.165, 1.54) is 4.90 Å². The summed E-state index contributed by atoms with van der Waals surface area (Å²) in [5.41, 5.74) is 1.31. The van der Waals surface area contributed by atoms with Crippen LogP contribution in [0.25, 0.3) is 6.08 Å². The fourth-order valence-corrected chi connectivity index (χ4v) is 2.24. The largest absolute Gasteiger partial charge is 0.493 e. The molecule has 22 heavy (non-hydrogen) atoms. The summed E-state index contributed by atoms with van der Waals surface area (Å²) in [7, 11) is 4.96. The average Bonchev–Trinajstić information content (AvgIpc) is 2.71. The lowest BCUT2D eigenvalue weighted by Gasteiger charge is -2.12. The zero-order chi connectivity index (χ0) is 16.3. The summed E-state index contributed by atoms with van der Waals surface area (Å²) >= 11 is 5.18. The number of thiocarbonyl (C=S) groups is 1. The molecule has 0 N–H and O–H groups in total. The normalized spacial score (nSPS) is 16.2. The average molecular weight is 316 g/mol. The van der Waals surface area contributed by atoms with Gasteiger partial charge in [-0.1, -0.05) is 12.0 Å². The van der Waals surface area contributed by atoms with Crippen molar-refractivity contribution in [3.63, 3.8) is 0 Å². The van der Waals surface area contributed by atoms with Crippen molar-refractivity contribution in [3.05, 3.63) is 29.5 Å². The van der Waals surface area contributed by atoms with Crippen molar-refractivity contribution in [2.75, 3.05) is 27.8 Å². The van der Waals surface area contributed by atoms with Crippen LogP contribution < -0.4 is 9.47 Å². The highest BCUT2D eigenvalue weighted by Gasteiger charge is 2.32. The summed E-state index contributed by atoms with van der Waals surface area (Å²) in [4.78, 5) is 15.3. The molecular formula is C16H16N2O3S. The Morgan fingerprint density at radius 2 is 2.05 bits per heavy atom. The van der Waals surface area contributed by atoms with E-state index < -0.39 is 0 Å². The van der Waals surface area contributed by atoms with Gasteiger partial charge < -0.3 is 14.4 Å². The molecule has 1 aromatic rings. The molecule has 0 bridgehead atoms. The van der Waals surface area contributed by atoms with E-state index in [2.05, 4.69) is 5.92 Å². The Morgan fingerprint density at radius 1 is 1.32 bits per heavy atom. The molecular weight excluding hydrogens is 300 g/mol. The predicted octanol–water partition coefficient (Wildman–Crippen LogP) is 1.74. The van der Waals surface area contributed by atoms with Gasteiger partial charge in [0.25, 0.3) is 5.91 Å². The van der Waals surface area contributed by atoms with E-state index in [4.69, 9.17) is 28.1 Å². The number of carbonyl (C=O) groups excluding carboxylic acids is 1. The topological polar surface area (TPSA) is 42.0 Å². The molecule has 5 nitrogen and oxygen atoms in total. The molecule has 0 unspecified atom stereocenters. The van der Waals surface area contributed by atoms with Gasteiger partial charge >= 0.3 is 0 Å². The molecule has 2 rings (SSSR count). The van der Waals surface area contributed by atoms with Crippen LogP contribution in [0.1, 0.15) is 5.56 Å². The number of rotatable bonds is 4. The smallest absolute Gasteiger partial charge is 0.276 e. The standard InChI is InChI=1S/C16H16N2O3S/c1-5-8-21-13-7-6-11(10-14(13)20-4)9-12-15(19)18(3)16(22)17(12)2/h1,6-7,9-10H,8H2,2-4H3. The molecule has 0 aromatic heterocycles. The molecule has 1 aliphatic heterocycles. The molecule has 114 valence electrons. The third kappa shape index (κ3) is 2.90. The fraction of sp³-hybridized carbons (Fsp3) is 0.250. The summed E-state index contributed by atoms with van der Waals surface area (Å²) in [6.45, 7) is 0.164. The first-order valence-electron chi connectivity index (χ1n) is 6.51. The maximum Gasteiger partial charge on any atom is 0.276 e. The minimum atomic E-state index is -0.140. The van der Waals surface area contributed by atoms with Crippen molar-refractivity contribution >= 4 is 29.3 Å². The molecule has 6 heteroatoms. The molecule has 0 aliphatic carbocycles. The summed E-state index contributed by atoms with van der Waals surface area (Å²) in [5, 5.41) is 0.470. The number of likely N-dealkylation sites (N-methyl/N-ethyl adjacent to an activating group) is 2.